The molecule has 0 N–H and O–H groups in total. The molecule has 154 valence electrons. The van der Waals surface area contributed by atoms with E-state index >= 15 is 0 Å². The Morgan fingerprint density at radius 1 is 1.04 bits per heavy atom. The van der Waals surface area contributed by atoms with Crippen molar-refractivity contribution in [1.82, 2.24) is 14.7 Å². The van der Waals surface area contributed by atoms with Gasteiger partial charge in [-0.1, -0.05) is 0 Å². The number of rotatable bonds is 3. The summed E-state index contributed by atoms with van der Waals surface area (Å²) in [5.74, 6) is 2.09. The number of hydrogen-bond donors (Lipinski definition) is 0. The zero-order valence-electron chi connectivity index (χ0n) is 17.1. The maximum atomic E-state index is 13.0. The van der Waals surface area contributed by atoms with E-state index in [0.29, 0.717) is 47.3 Å². The summed E-state index contributed by atoms with van der Waals surface area (Å²) < 4.78 is 5.17. The van der Waals surface area contributed by atoms with Crippen molar-refractivity contribution >= 4 is 12.0 Å². The van der Waals surface area contributed by atoms with Gasteiger partial charge in [-0.2, -0.15) is 0 Å². The summed E-state index contributed by atoms with van der Waals surface area (Å²) in [4.78, 5) is 31.8. The fourth-order valence-electron chi connectivity index (χ4n) is 7.23. The lowest BCUT2D eigenvalue weighted by molar-refractivity contribution is -0.158. The van der Waals surface area contributed by atoms with Crippen LogP contribution in [0.4, 0.5) is 4.79 Å². The van der Waals surface area contributed by atoms with Gasteiger partial charge in [0.25, 0.3) is 0 Å². The first-order chi connectivity index (χ1) is 13.5. The molecule has 6 heteroatoms. The van der Waals surface area contributed by atoms with Gasteiger partial charge >= 0.3 is 6.09 Å². The van der Waals surface area contributed by atoms with E-state index in [9.17, 15) is 9.59 Å². The SMILES string of the molecule is CCOC(=O)N1CCC2(CC(N3CC4C(C3)C4C(=O)N3CCC34CCC4)C2)C1. The van der Waals surface area contributed by atoms with Gasteiger partial charge in [0.1, 0.15) is 0 Å². The molecule has 2 atom stereocenters. The number of hydrogen-bond acceptors (Lipinski definition) is 4. The van der Waals surface area contributed by atoms with Gasteiger partial charge in [-0.3, -0.25) is 9.69 Å². The topological polar surface area (TPSA) is 53.1 Å². The minimum atomic E-state index is -0.137. The van der Waals surface area contributed by atoms with E-state index in [0.717, 1.165) is 39.1 Å². The molecular formula is C22H33N3O3. The Hall–Kier alpha value is -1.30. The van der Waals surface area contributed by atoms with Crippen molar-refractivity contribution in [2.24, 2.45) is 23.2 Å². The molecule has 0 aromatic rings. The number of nitrogens with zero attached hydrogens (tertiary/aromatic N) is 3. The van der Waals surface area contributed by atoms with Crippen LogP contribution in [0.1, 0.15) is 51.9 Å². The summed E-state index contributed by atoms with van der Waals surface area (Å²) >= 11 is 0. The molecule has 3 aliphatic heterocycles. The van der Waals surface area contributed by atoms with Crippen LogP contribution in [0.2, 0.25) is 0 Å². The Morgan fingerprint density at radius 3 is 2.36 bits per heavy atom. The van der Waals surface area contributed by atoms with Gasteiger partial charge in [0.2, 0.25) is 5.91 Å². The summed E-state index contributed by atoms with van der Waals surface area (Å²) in [6, 6.07) is 0.674. The first-order valence-electron chi connectivity index (χ1n) is 11.5. The lowest BCUT2D eigenvalue weighted by Crippen LogP contribution is -2.66. The Bertz CT molecular complexity index is 682. The van der Waals surface area contributed by atoms with Crippen LogP contribution in [0.25, 0.3) is 0 Å². The van der Waals surface area contributed by atoms with Crippen molar-refractivity contribution in [2.45, 2.75) is 63.5 Å². The first kappa shape index (κ1) is 17.5. The minimum Gasteiger partial charge on any atom is -0.450 e. The number of carbonyl (C=O) groups excluding carboxylic acids is 2. The number of likely N-dealkylation sites (tertiary alicyclic amines) is 3. The van der Waals surface area contributed by atoms with Crippen LogP contribution in [0.3, 0.4) is 0 Å². The largest absolute Gasteiger partial charge is 0.450 e. The predicted molar refractivity (Wildman–Crippen MR) is 104 cm³/mol. The fraction of sp³-hybridized carbons (Fsp3) is 0.909. The molecule has 6 fully saturated rings. The van der Waals surface area contributed by atoms with Crippen LogP contribution in [0, 0.1) is 23.2 Å². The molecule has 3 heterocycles. The Labute approximate surface area is 167 Å². The Balaban J connectivity index is 0.987. The zero-order valence-corrected chi connectivity index (χ0v) is 17.1. The minimum absolute atomic E-state index is 0.137. The predicted octanol–water partition coefficient (Wildman–Crippen LogP) is 2.33. The second kappa shape index (κ2) is 5.87. The smallest absolute Gasteiger partial charge is 0.409 e. The van der Waals surface area contributed by atoms with E-state index in [4.69, 9.17) is 4.74 Å². The fourth-order valence-corrected chi connectivity index (χ4v) is 7.23. The van der Waals surface area contributed by atoms with Crippen molar-refractivity contribution in [3.8, 4) is 0 Å². The van der Waals surface area contributed by atoms with Gasteiger partial charge < -0.3 is 14.5 Å². The second-order valence-electron chi connectivity index (χ2n) is 10.6. The molecule has 6 rings (SSSR count). The van der Waals surface area contributed by atoms with E-state index in [1.807, 2.05) is 11.8 Å². The molecule has 2 unspecified atom stereocenters. The molecule has 0 bridgehead atoms. The molecule has 3 aliphatic carbocycles. The standard InChI is InChI=1S/C22H33N3O3/c1-2-28-20(27)23-8-6-21(14-23)10-15(11-21)24-12-16-17(13-24)18(16)19(26)25-9-7-22(25)4-3-5-22/h15-18H,2-14H2,1H3. The summed E-state index contributed by atoms with van der Waals surface area (Å²) in [5, 5.41) is 0. The van der Waals surface area contributed by atoms with Crippen molar-refractivity contribution in [3.63, 3.8) is 0 Å². The molecule has 6 aliphatic rings. The highest BCUT2D eigenvalue weighted by molar-refractivity contribution is 5.84. The molecular weight excluding hydrogens is 354 g/mol. The van der Waals surface area contributed by atoms with E-state index in [1.165, 1.54) is 38.5 Å². The number of piperidine rings is 1. The van der Waals surface area contributed by atoms with Gasteiger partial charge in [0.05, 0.1) is 6.61 Å². The average molecular weight is 388 g/mol. The highest BCUT2D eigenvalue weighted by Gasteiger charge is 2.65. The normalized spacial score (nSPS) is 42.8. The molecule has 3 saturated carbocycles. The zero-order chi connectivity index (χ0) is 19.1. The van der Waals surface area contributed by atoms with Gasteiger partial charge in [-0.05, 0) is 69.1 Å². The molecule has 0 radical (unpaired) electrons. The van der Waals surface area contributed by atoms with E-state index < -0.39 is 0 Å². The monoisotopic (exact) mass is 387 g/mol. The summed E-state index contributed by atoms with van der Waals surface area (Å²) in [5.41, 5.74) is 0.648. The maximum Gasteiger partial charge on any atom is 0.409 e. The van der Waals surface area contributed by atoms with E-state index in [-0.39, 0.29) is 6.09 Å². The van der Waals surface area contributed by atoms with Crippen molar-refractivity contribution in [2.75, 3.05) is 39.3 Å². The van der Waals surface area contributed by atoms with E-state index in [1.54, 1.807) is 0 Å². The Morgan fingerprint density at radius 2 is 1.79 bits per heavy atom. The number of carbonyl (C=O) groups is 2. The van der Waals surface area contributed by atoms with Crippen LogP contribution < -0.4 is 0 Å². The average Bonchev–Trinajstić information content (AvgIpc) is 2.95. The van der Waals surface area contributed by atoms with Crippen LogP contribution >= 0.6 is 0 Å². The van der Waals surface area contributed by atoms with Crippen LogP contribution in [-0.2, 0) is 9.53 Å². The summed E-state index contributed by atoms with van der Waals surface area (Å²) in [6.07, 6.45) is 8.49. The van der Waals surface area contributed by atoms with Crippen molar-refractivity contribution < 1.29 is 14.3 Å². The molecule has 2 spiro atoms. The van der Waals surface area contributed by atoms with Gasteiger partial charge in [-0.15, -0.1) is 0 Å². The highest BCUT2D eigenvalue weighted by Crippen LogP contribution is 2.59. The lowest BCUT2D eigenvalue weighted by Gasteiger charge is -2.59. The first-order valence-corrected chi connectivity index (χ1v) is 11.5. The maximum absolute atomic E-state index is 13.0. The number of ether oxygens (including phenoxy) is 1. The van der Waals surface area contributed by atoms with Gasteiger partial charge in [-0.25, -0.2) is 4.79 Å². The summed E-state index contributed by atoms with van der Waals surface area (Å²) in [6.45, 7) is 7.33. The molecule has 28 heavy (non-hydrogen) atoms. The Kier molecular flexibility index (Phi) is 3.68. The number of fused-ring (bicyclic) bond motifs is 1. The third-order valence-electron chi connectivity index (χ3n) is 9.25. The van der Waals surface area contributed by atoms with E-state index in [2.05, 4.69) is 9.80 Å². The molecule has 3 saturated heterocycles. The second-order valence-corrected chi connectivity index (χ2v) is 10.6. The van der Waals surface area contributed by atoms with Gasteiger partial charge in [0, 0.05) is 50.2 Å². The quantitative estimate of drug-likeness (QED) is 0.746. The van der Waals surface area contributed by atoms with Gasteiger partial charge in [0.15, 0.2) is 0 Å². The molecule has 0 aromatic heterocycles. The molecule has 0 aromatic carbocycles. The molecule has 2 amide bonds. The van der Waals surface area contributed by atoms with Crippen molar-refractivity contribution in [1.29, 1.82) is 0 Å². The highest BCUT2D eigenvalue weighted by atomic mass is 16.6. The van der Waals surface area contributed by atoms with Crippen molar-refractivity contribution in [3.05, 3.63) is 0 Å². The van der Waals surface area contributed by atoms with Crippen LogP contribution in [-0.4, -0.2) is 77.6 Å². The molecule has 6 nitrogen and oxygen atoms in total. The number of amides is 2. The third kappa shape index (κ3) is 2.36. The van der Waals surface area contributed by atoms with Crippen LogP contribution in [0.15, 0.2) is 0 Å². The summed E-state index contributed by atoms with van der Waals surface area (Å²) in [7, 11) is 0. The third-order valence-corrected chi connectivity index (χ3v) is 9.25. The lowest BCUT2D eigenvalue weighted by atomic mass is 9.64. The van der Waals surface area contributed by atoms with Crippen LogP contribution in [0.5, 0.6) is 0 Å².